The minimum absolute atomic E-state index is 0.477. The molecule has 2 N–H and O–H groups in total. The maximum Gasteiger partial charge on any atom is -0.00231 e. The first-order chi connectivity index (χ1) is 6.13. The van der Waals surface area contributed by atoms with E-state index >= 15 is 0 Å². The largest absolute Gasteiger partial charge is 0.330 e. The highest BCUT2D eigenvalue weighted by atomic mass is 14.6. The lowest BCUT2D eigenvalue weighted by atomic mass is 9.67. The van der Waals surface area contributed by atoms with Crippen molar-refractivity contribution in [2.75, 3.05) is 6.54 Å². The van der Waals surface area contributed by atoms with Crippen LogP contribution in [0.25, 0.3) is 0 Å². The van der Waals surface area contributed by atoms with Crippen LogP contribution in [0.4, 0.5) is 0 Å². The van der Waals surface area contributed by atoms with E-state index in [4.69, 9.17) is 5.73 Å². The third kappa shape index (κ3) is 1.76. The Bertz CT molecular complexity index is 190. The molecular weight excluding hydrogens is 158 g/mol. The Morgan fingerprint density at radius 2 is 2.00 bits per heavy atom. The third-order valence-corrected chi connectivity index (χ3v) is 4.44. The zero-order valence-corrected chi connectivity index (χ0v) is 9.05. The van der Waals surface area contributed by atoms with Gasteiger partial charge in [0.1, 0.15) is 0 Å². The van der Waals surface area contributed by atoms with Crippen molar-refractivity contribution in [3.8, 4) is 0 Å². The molecule has 2 fully saturated rings. The number of nitrogens with two attached hydrogens (primary N) is 1. The zero-order valence-electron chi connectivity index (χ0n) is 9.05. The monoisotopic (exact) mass is 181 g/mol. The summed E-state index contributed by atoms with van der Waals surface area (Å²) in [6.45, 7) is 5.69. The molecule has 0 amide bonds. The van der Waals surface area contributed by atoms with Gasteiger partial charge in [-0.05, 0) is 61.8 Å². The standard InChI is InChI=1S/C12H23N/c1-9-5-10-3-4-12(2,8-13)7-11(10)6-9/h9-11H,3-8,13H2,1-2H3/t9-,10?,11?,12+/m0/s1. The summed E-state index contributed by atoms with van der Waals surface area (Å²) in [7, 11) is 0. The van der Waals surface area contributed by atoms with Crippen LogP contribution in [0.3, 0.4) is 0 Å². The van der Waals surface area contributed by atoms with Gasteiger partial charge in [0.25, 0.3) is 0 Å². The molecule has 1 nitrogen and oxygen atoms in total. The molecule has 2 unspecified atom stereocenters. The smallest absolute Gasteiger partial charge is 0.00231 e. The van der Waals surface area contributed by atoms with Crippen LogP contribution < -0.4 is 5.73 Å². The van der Waals surface area contributed by atoms with Crippen LogP contribution in [0.2, 0.25) is 0 Å². The maximum absolute atomic E-state index is 5.85. The minimum atomic E-state index is 0.477. The van der Waals surface area contributed by atoms with Gasteiger partial charge in [-0.2, -0.15) is 0 Å². The minimum Gasteiger partial charge on any atom is -0.330 e. The van der Waals surface area contributed by atoms with Crippen LogP contribution in [0.15, 0.2) is 0 Å². The molecule has 1 heteroatoms. The highest BCUT2D eigenvalue weighted by molar-refractivity contribution is 4.92. The molecular formula is C12H23N. The van der Waals surface area contributed by atoms with Crippen LogP contribution in [-0.2, 0) is 0 Å². The van der Waals surface area contributed by atoms with E-state index < -0.39 is 0 Å². The Labute approximate surface area is 82.1 Å². The topological polar surface area (TPSA) is 26.0 Å². The highest BCUT2D eigenvalue weighted by Gasteiger charge is 2.41. The quantitative estimate of drug-likeness (QED) is 0.661. The van der Waals surface area contributed by atoms with Crippen LogP contribution in [0.5, 0.6) is 0 Å². The van der Waals surface area contributed by atoms with E-state index in [0.29, 0.717) is 5.41 Å². The van der Waals surface area contributed by atoms with Crippen LogP contribution in [0.1, 0.15) is 46.0 Å². The lowest BCUT2D eigenvalue weighted by molar-refractivity contribution is 0.129. The average molecular weight is 181 g/mol. The average Bonchev–Trinajstić information content (AvgIpc) is 2.44. The molecule has 0 saturated heterocycles. The number of hydrogen-bond acceptors (Lipinski definition) is 1. The van der Waals surface area contributed by atoms with Crippen molar-refractivity contribution in [3.05, 3.63) is 0 Å². The van der Waals surface area contributed by atoms with E-state index in [-0.39, 0.29) is 0 Å². The van der Waals surface area contributed by atoms with Gasteiger partial charge in [-0.1, -0.05) is 13.8 Å². The molecule has 13 heavy (non-hydrogen) atoms. The van der Waals surface area contributed by atoms with Gasteiger partial charge in [-0.3, -0.25) is 0 Å². The van der Waals surface area contributed by atoms with E-state index in [1.165, 1.54) is 32.1 Å². The molecule has 2 rings (SSSR count). The highest BCUT2D eigenvalue weighted by Crippen LogP contribution is 2.50. The fourth-order valence-corrected chi connectivity index (χ4v) is 3.57. The Kier molecular flexibility index (Phi) is 2.39. The summed E-state index contributed by atoms with van der Waals surface area (Å²) < 4.78 is 0. The second-order valence-corrected chi connectivity index (χ2v) is 5.85. The first-order valence-electron chi connectivity index (χ1n) is 5.83. The molecule has 0 radical (unpaired) electrons. The second-order valence-electron chi connectivity index (χ2n) is 5.85. The number of hydrogen-bond donors (Lipinski definition) is 1. The molecule has 0 spiro atoms. The van der Waals surface area contributed by atoms with E-state index in [1.54, 1.807) is 0 Å². The first kappa shape index (κ1) is 9.51. The predicted molar refractivity (Wildman–Crippen MR) is 56.4 cm³/mol. The molecule has 2 aliphatic rings. The van der Waals surface area contributed by atoms with E-state index in [9.17, 15) is 0 Å². The Balaban J connectivity index is 2.01. The summed E-state index contributed by atoms with van der Waals surface area (Å²) in [5.41, 5.74) is 6.33. The molecule has 0 aromatic carbocycles. The van der Waals surface area contributed by atoms with Crippen molar-refractivity contribution in [3.63, 3.8) is 0 Å². The van der Waals surface area contributed by atoms with Crippen molar-refractivity contribution < 1.29 is 0 Å². The summed E-state index contributed by atoms with van der Waals surface area (Å²) in [6, 6.07) is 0. The van der Waals surface area contributed by atoms with Crippen molar-refractivity contribution in [1.29, 1.82) is 0 Å². The summed E-state index contributed by atoms with van der Waals surface area (Å²) in [5.74, 6) is 3.04. The fourth-order valence-electron chi connectivity index (χ4n) is 3.57. The van der Waals surface area contributed by atoms with Gasteiger partial charge in [0.2, 0.25) is 0 Å². The molecule has 0 aromatic rings. The Morgan fingerprint density at radius 1 is 1.31 bits per heavy atom. The summed E-state index contributed by atoms with van der Waals surface area (Å²) in [4.78, 5) is 0. The molecule has 76 valence electrons. The van der Waals surface area contributed by atoms with Crippen molar-refractivity contribution in [2.24, 2.45) is 28.9 Å². The maximum atomic E-state index is 5.85. The molecule has 0 aliphatic heterocycles. The Hall–Kier alpha value is -0.0400. The van der Waals surface area contributed by atoms with Crippen molar-refractivity contribution in [2.45, 2.75) is 46.0 Å². The SMILES string of the molecule is C[C@H]1CC2CC[C@@](C)(CN)CC2C1. The molecule has 2 aliphatic carbocycles. The lowest BCUT2D eigenvalue weighted by Gasteiger charge is -2.39. The van der Waals surface area contributed by atoms with Gasteiger partial charge in [0.05, 0.1) is 0 Å². The van der Waals surface area contributed by atoms with Crippen LogP contribution >= 0.6 is 0 Å². The molecule has 0 bridgehead atoms. The van der Waals surface area contributed by atoms with Gasteiger partial charge in [-0.15, -0.1) is 0 Å². The van der Waals surface area contributed by atoms with Crippen LogP contribution in [0, 0.1) is 23.2 Å². The summed E-state index contributed by atoms with van der Waals surface area (Å²) >= 11 is 0. The van der Waals surface area contributed by atoms with Gasteiger partial charge >= 0.3 is 0 Å². The molecule has 4 atom stereocenters. The first-order valence-corrected chi connectivity index (χ1v) is 5.83. The Morgan fingerprint density at radius 3 is 2.69 bits per heavy atom. The van der Waals surface area contributed by atoms with E-state index in [0.717, 1.165) is 24.3 Å². The predicted octanol–water partition coefficient (Wildman–Crippen LogP) is 2.80. The zero-order chi connectivity index (χ0) is 9.47. The van der Waals surface area contributed by atoms with Gasteiger partial charge in [-0.25, -0.2) is 0 Å². The normalized spacial score (nSPS) is 50.5. The van der Waals surface area contributed by atoms with Crippen LogP contribution in [-0.4, -0.2) is 6.54 Å². The number of rotatable bonds is 1. The fraction of sp³-hybridized carbons (Fsp3) is 1.00. The molecule has 0 heterocycles. The van der Waals surface area contributed by atoms with E-state index in [1.807, 2.05) is 0 Å². The van der Waals surface area contributed by atoms with Gasteiger partial charge in [0, 0.05) is 0 Å². The molecule has 2 saturated carbocycles. The second kappa shape index (κ2) is 3.27. The van der Waals surface area contributed by atoms with Crippen molar-refractivity contribution in [1.82, 2.24) is 0 Å². The van der Waals surface area contributed by atoms with E-state index in [2.05, 4.69) is 13.8 Å². The summed E-state index contributed by atoms with van der Waals surface area (Å²) in [6.07, 6.45) is 7.18. The lowest BCUT2D eigenvalue weighted by Crippen LogP contribution is -2.35. The van der Waals surface area contributed by atoms with Gasteiger partial charge in [0.15, 0.2) is 0 Å². The van der Waals surface area contributed by atoms with Gasteiger partial charge < -0.3 is 5.73 Å². The molecule has 0 aromatic heterocycles. The van der Waals surface area contributed by atoms with Crippen molar-refractivity contribution >= 4 is 0 Å². The third-order valence-electron chi connectivity index (χ3n) is 4.44. The summed E-state index contributed by atoms with van der Waals surface area (Å²) in [5, 5.41) is 0. The number of fused-ring (bicyclic) bond motifs is 1.